The average Bonchev–Trinajstić information content (AvgIpc) is 3.31. The fourth-order valence-electron chi connectivity index (χ4n) is 4.06. The van der Waals surface area contributed by atoms with Crippen molar-refractivity contribution in [3.05, 3.63) is 35.4 Å². The number of fused-ring (bicyclic) bond motifs is 1. The molecule has 1 fully saturated rings. The number of rotatable bonds is 4. The molecule has 8 heteroatoms. The van der Waals surface area contributed by atoms with Crippen LogP contribution in [0.4, 0.5) is 0 Å². The van der Waals surface area contributed by atoms with Gasteiger partial charge in [-0.1, -0.05) is 6.07 Å². The number of carbonyl (C=O) groups excluding carboxylic acids is 1. The van der Waals surface area contributed by atoms with E-state index >= 15 is 0 Å². The lowest BCUT2D eigenvalue weighted by Gasteiger charge is -2.30. The Morgan fingerprint density at radius 3 is 2.48 bits per heavy atom. The second kappa shape index (κ2) is 7.19. The van der Waals surface area contributed by atoms with E-state index in [0.717, 1.165) is 24.6 Å². The molecule has 144 valence electrons. The molecule has 2 aromatic rings. The van der Waals surface area contributed by atoms with Crippen LogP contribution in [0, 0.1) is 0 Å². The lowest BCUT2D eigenvalue weighted by atomic mass is 10.1. The van der Waals surface area contributed by atoms with E-state index in [-0.39, 0.29) is 5.91 Å². The summed E-state index contributed by atoms with van der Waals surface area (Å²) in [6.07, 6.45) is 2.29. The lowest BCUT2D eigenvalue weighted by Crippen LogP contribution is -2.39. The highest BCUT2D eigenvalue weighted by Crippen LogP contribution is 2.33. The van der Waals surface area contributed by atoms with Gasteiger partial charge in [0.2, 0.25) is 0 Å². The van der Waals surface area contributed by atoms with Crippen LogP contribution >= 0.6 is 0 Å². The minimum absolute atomic E-state index is 0.113. The zero-order valence-corrected chi connectivity index (χ0v) is 16.0. The Balaban J connectivity index is 1.59. The summed E-state index contributed by atoms with van der Waals surface area (Å²) in [7, 11) is 5.25. The largest absolute Gasteiger partial charge is 0.496 e. The summed E-state index contributed by atoms with van der Waals surface area (Å²) in [6, 6.07) is 5.68. The number of likely N-dealkylation sites (tertiary alicyclic amines) is 1. The highest BCUT2D eigenvalue weighted by Gasteiger charge is 2.33. The molecule has 0 aliphatic carbocycles. The first-order chi connectivity index (χ1) is 13.1. The number of amides is 1. The van der Waals surface area contributed by atoms with Crippen molar-refractivity contribution in [2.75, 3.05) is 34.4 Å². The van der Waals surface area contributed by atoms with Crippen molar-refractivity contribution in [3.8, 4) is 11.5 Å². The molecule has 2 aliphatic heterocycles. The highest BCUT2D eigenvalue weighted by atomic mass is 16.5. The van der Waals surface area contributed by atoms with Gasteiger partial charge < -0.3 is 18.9 Å². The molecule has 0 spiro atoms. The third-order valence-corrected chi connectivity index (χ3v) is 5.53. The number of ether oxygens (including phenoxy) is 2. The Labute approximate surface area is 158 Å². The Morgan fingerprint density at radius 1 is 1.11 bits per heavy atom. The Kier molecular flexibility index (Phi) is 4.73. The number of nitrogens with zero attached hydrogens (tertiary/aromatic N) is 5. The van der Waals surface area contributed by atoms with Crippen LogP contribution in [-0.2, 0) is 13.1 Å². The van der Waals surface area contributed by atoms with E-state index in [1.54, 1.807) is 31.3 Å². The molecule has 2 aliphatic rings. The van der Waals surface area contributed by atoms with E-state index in [1.165, 1.54) is 6.42 Å². The van der Waals surface area contributed by atoms with Crippen LogP contribution < -0.4 is 9.47 Å². The van der Waals surface area contributed by atoms with Gasteiger partial charge in [0.15, 0.2) is 11.6 Å². The lowest BCUT2D eigenvalue weighted by molar-refractivity contribution is 0.0698. The van der Waals surface area contributed by atoms with E-state index in [9.17, 15) is 4.79 Å². The normalized spacial score (nSPS) is 19.8. The first-order valence-electron chi connectivity index (χ1n) is 9.26. The molecule has 4 rings (SSSR count). The van der Waals surface area contributed by atoms with E-state index in [2.05, 4.69) is 26.7 Å². The number of aromatic nitrogens is 3. The Hall–Kier alpha value is -2.61. The van der Waals surface area contributed by atoms with E-state index in [4.69, 9.17) is 9.47 Å². The van der Waals surface area contributed by atoms with E-state index < -0.39 is 0 Å². The van der Waals surface area contributed by atoms with Gasteiger partial charge in [0.25, 0.3) is 5.91 Å². The van der Waals surface area contributed by atoms with Crippen LogP contribution in [0.2, 0.25) is 0 Å². The van der Waals surface area contributed by atoms with Crippen molar-refractivity contribution < 1.29 is 14.3 Å². The summed E-state index contributed by atoms with van der Waals surface area (Å²) < 4.78 is 12.9. The zero-order valence-electron chi connectivity index (χ0n) is 16.0. The van der Waals surface area contributed by atoms with Crippen LogP contribution in [0.1, 0.15) is 40.9 Å². The van der Waals surface area contributed by atoms with Crippen molar-refractivity contribution in [3.63, 3.8) is 0 Å². The maximum atomic E-state index is 13.2. The molecule has 0 bridgehead atoms. The van der Waals surface area contributed by atoms with Crippen molar-refractivity contribution in [1.82, 2.24) is 24.6 Å². The molecule has 1 atom stereocenters. The third-order valence-electron chi connectivity index (χ3n) is 5.53. The SMILES string of the molecule is COc1cccc(OC)c1C(=O)N1CCn2c(nnc2[C@@H]2CCCN2C)C1. The Bertz CT molecular complexity index is 828. The molecular formula is C19H25N5O3. The van der Waals surface area contributed by atoms with Gasteiger partial charge in [-0.3, -0.25) is 9.69 Å². The van der Waals surface area contributed by atoms with Gasteiger partial charge in [-0.15, -0.1) is 10.2 Å². The number of hydrogen-bond donors (Lipinski definition) is 0. The summed E-state index contributed by atoms with van der Waals surface area (Å²) >= 11 is 0. The summed E-state index contributed by atoms with van der Waals surface area (Å²) in [6.45, 7) is 2.83. The molecular weight excluding hydrogens is 346 g/mol. The maximum absolute atomic E-state index is 13.2. The summed E-state index contributed by atoms with van der Waals surface area (Å²) in [5, 5.41) is 8.83. The zero-order chi connectivity index (χ0) is 19.0. The first kappa shape index (κ1) is 17.8. The number of hydrogen-bond acceptors (Lipinski definition) is 6. The van der Waals surface area contributed by atoms with Crippen molar-refractivity contribution in [2.45, 2.75) is 32.0 Å². The van der Waals surface area contributed by atoms with E-state index in [0.29, 0.717) is 42.7 Å². The van der Waals surface area contributed by atoms with Crippen LogP contribution in [0.3, 0.4) is 0 Å². The minimum Gasteiger partial charge on any atom is -0.496 e. The maximum Gasteiger partial charge on any atom is 0.261 e. The summed E-state index contributed by atoms with van der Waals surface area (Å²) in [5.74, 6) is 2.77. The molecule has 27 heavy (non-hydrogen) atoms. The average molecular weight is 371 g/mol. The molecule has 0 saturated carbocycles. The second-order valence-electron chi connectivity index (χ2n) is 7.03. The van der Waals surface area contributed by atoms with Gasteiger partial charge in [0, 0.05) is 13.1 Å². The third kappa shape index (κ3) is 3.03. The monoisotopic (exact) mass is 371 g/mol. The number of benzene rings is 1. The highest BCUT2D eigenvalue weighted by molar-refractivity contribution is 5.99. The van der Waals surface area contributed by atoms with Gasteiger partial charge in [0.05, 0.1) is 26.8 Å². The van der Waals surface area contributed by atoms with Gasteiger partial charge in [0.1, 0.15) is 17.1 Å². The fourth-order valence-corrected chi connectivity index (χ4v) is 4.06. The summed E-state index contributed by atoms with van der Waals surface area (Å²) in [4.78, 5) is 17.3. The van der Waals surface area contributed by atoms with E-state index in [1.807, 2.05) is 6.07 Å². The minimum atomic E-state index is -0.113. The molecule has 8 nitrogen and oxygen atoms in total. The molecule has 0 unspecified atom stereocenters. The van der Waals surface area contributed by atoms with Crippen molar-refractivity contribution in [2.24, 2.45) is 0 Å². The molecule has 3 heterocycles. The number of carbonyl (C=O) groups is 1. The molecule has 1 aromatic heterocycles. The molecule has 1 saturated heterocycles. The smallest absolute Gasteiger partial charge is 0.261 e. The first-order valence-corrected chi connectivity index (χ1v) is 9.26. The van der Waals surface area contributed by atoms with Crippen molar-refractivity contribution in [1.29, 1.82) is 0 Å². The van der Waals surface area contributed by atoms with Crippen molar-refractivity contribution >= 4 is 5.91 Å². The van der Waals surface area contributed by atoms with Crippen LogP contribution in [-0.4, -0.2) is 64.8 Å². The Morgan fingerprint density at radius 2 is 1.85 bits per heavy atom. The summed E-state index contributed by atoms with van der Waals surface area (Å²) in [5.41, 5.74) is 0.450. The van der Waals surface area contributed by atoms with Gasteiger partial charge in [-0.25, -0.2) is 0 Å². The second-order valence-corrected chi connectivity index (χ2v) is 7.03. The van der Waals surface area contributed by atoms with Crippen LogP contribution in [0.5, 0.6) is 11.5 Å². The van der Waals surface area contributed by atoms with Crippen LogP contribution in [0.25, 0.3) is 0 Å². The van der Waals surface area contributed by atoms with Gasteiger partial charge in [-0.05, 0) is 38.6 Å². The van der Waals surface area contributed by atoms with Crippen LogP contribution in [0.15, 0.2) is 18.2 Å². The predicted octanol–water partition coefficient (Wildman–Crippen LogP) is 1.72. The predicted molar refractivity (Wildman–Crippen MR) is 98.9 cm³/mol. The molecule has 0 radical (unpaired) electrons. The fraction of sp³-hybridized carbons (Fsp3) is 0.526. The topological polar surface area (TPSA) is 72.7 Å². The van der Waals surface area contributed by atoms with Gasteiger partial charge in [-0.2, -0.15) is 0 Å². The quantitative estimate of drug-likeness (QED) is 0.815. The number of methoxy groups -OCH3 is 2. The standard InChI is InChI=1S/C19H25N5O3/c1-22-9-5-6-13(22)18-21-20-16-12-23(10-11-24(16)18)19(25)17-14(26-2)7-4-8-15(17)27-3/h4,7-8,13H,5-6,9-12H2,1-3H3/t13-/m0/s1. The van der Waals surface area contributed by atoms with Gasteiger partial charge >= 0.3 is 0 Å². The molecule has 1 aromatic carbocycles. The molecule has 1 amide bonds. The molecule has 0 N–H and O–H groups in total.